The molecule has 2 aromatic carbocycles. The van der Waals surface area contributed by atoms with Crippen molar-refractivity contribution < 1.29 is 24.5 Å². The van der Waals surface area contributed by atoms with Gasteiger partial charge in [0.1, 0.15) is 5.75 Å². The maximum absolute atomic E-state index is 12.4. The van der Waals surface area contributed by atoms with Gasteiger partial charge >= 0.3 is 5.97 Å². The fraction of sp³-hybridized carbons (Fsp3) is 0.222. The molecule has 0 aromatic heterocycles. The number of aromatic hydroxyl groups is 1. The fourth-order valence-electron chi connectivity index (χ4n) is 2.79. The van der Waals surface area contributed by atoms with Crippen LogP contribution in [0.1, 0.15) is 17.2 Å². The number of hydrogen-bond donors (Lipinski definition) is 4. The molecule has 1 aliphatic heterocycles. The number of fused-ring (bicyclic) bond motifs is 1. The molecule has 1 aliphatic rings. The summed E-state index contributed by atoms with van der Waals surface area (Å²) < 4.78 is 5.77. The predicted octanol–water partition coefficient (Wildman–Crippen LogP) is 1.64. The Morgan fingerprint density at radius 3 is 2.68 bits per heavy atom. The third-order valence-corrected chi connectivity index (χ3v) is 3.93. The molecule has 1 amide bonds. The first-order valence-electron chi connectivity index (χ1n) is 7.79. The zero-order chi connectivity index (χ0) is 17.8. The maximum atomic E-state index is 12.4. The number of hydrogen-bond acceptors (Lipinski definition) is 5. The minimum Gasteiger partial charge on any atom is -0.508 e. The third-order valence-electron chi connectivity index (χ3n) is 3.93. The Morgan fingerprint density at radius 1 is 1.20 bits per heavy atom. The lowest BCUT2D eigenvalue weighted by Gasteiger charge is -2.33. The molecule has 0 bridgehead atoms. The summed E-state index contributed by atoms with van der Waals surface area (Å²) in [4.78, 5) is 23.4. The number of aliphatic carboxylic acids is 1. The highest BCUT2D eigenvalue weighted by molar-refractivity contribution is 5.98. The van der Waals surface area contributed by atoms with Gasteiger partial charge in [0, 0.05) is 5.69 Å². The van der Waals surface area contributed by atoms with Gasteiger partial charge in [0.25, 0.3) is 5.91 Å². The van der Waals surface area contributed by atoms with Crippen LogP contribution in [0.15, 0.2) is 48.5 Å². The number of anilines is 1. The quantitative estimate of drug-likeness (QED) is 0.595. The van der Waals surface area contributed by atoms with Crippen molar-refractivity contribution in [3.05, 3.63) is 59.7 Å². The molecule has 0 saturated heterocycles. The molecule has 130 valence electrons. The van der Waals surface area contributed by atoms with Crippen LogP contribution in [-0.2, 0) is 20.9 Å². The Balaban J connectivity index is 1.85. The molecule has 0 fully saturated rings. The van der Waals surface area contributed by atoms with E-state index in [1.54, 1.807) is 6.07 Å². The van der Waals surface area contributed by atoms with Gasteiger partial charge in [0.2, 0.25) is 0 Å². The second kappa shape index (κ2) is 7.33. The number of phenols is 1. The maximum Gasteiger partial charge on any atom is 0.317 e. The molecular weight excluding hydrogens is 324 g/mol. The standard InChI is InChI=1S/C18H18N2O5/c21-12-6-7-14-13(8-12)16(19-9-15(22)23)17(18(24)20-14)25-10-11-4-2-1-3-5-11/h1-8,16-17,19,21H,9-10H2,(H,20,24)(H,22,23). The minimum absolute atomic E-state index is 0.0267. The van der Waals surface area contributed by atoms with Crippen molar-refractivity contribution in [2.75, 3.05) is 11.9 Å². The van der Waals surface area contributed by atoms with Gasteiger partial charge in [0.15, 0.2) is 6.10 Å². The summed E-state index contributed by atoms with van der Waals surface area (Å²) >= 11 is 0. The van der Waals surface area contributed by atoms with Crippen molar-refractivity contribution in [1.82, 2.24) is 5.32 Å². The largest absolute Gasteiger partial charge is 0.508 e. The van der Waals surface area contributed by atoms with Crippen LogP contribution in [0.2, 0.25) is 0 Å². The highest BCUT2D eigenvalue weighted by Crippen LogP contribution is 2.34. The summed E-state index contributed by atoms with van der Waals surface area (Å²) in [7, 11) is 0. The van der Waals surface area contributed by atoms with Gasteiger partial charge < -0.3 is 20.3 Å². The van der Waals surface area contributed by atoms with E-state index >= 15 is 0 Å². The molecule has 0 aliphatic carbocycles. The number of phenolic OH excluding ortho intramolecular Hbond substituents is 1. The molecule has 4 N–H and O–H groups in total. The average molecular weight is 342 g/mol. The molecule has 0 spiro atoms. The van der Waals surface area contributed by atoms with Crippen molar-refractivity contribution in [1.29, 1.82) is 0 Å². The Kier molecular flexibility index (Phi) is 4.97. The number of amides is 1. The summed E-state index contributed by atoms with van der Waals surface area (Å²) in [5.41, 5.74) is 2.00. The third kappa shape index (κ3) is 3.96. The van der Waals surface area contributed by atoms with E-state index in [0.717, 1.165) is 5.56 Å². The van der Waals surface area contributed by atoms with E-state index in [-0.39, 0.29) is 24.8 Å². The Hall–Kier alpha value is -2.90. The van der Waals surface area contributed by atoms with Gasteiger partial charge in [-0.3, -0.25) is 14.9 Å². The Labute approximate surface area is 144 Å². The lowest BCUT2D eigenvalue weighted by molar-refractivity contribution is -0.138. The Morgan fingerprint density at radius 2 is 1.96 bits per heavy atom. The zero-order valence-electron chi connectivity index (χ0n) is 13.3. The molecule has 2 aromatic rings. The van der Waals surface area contributed by atoms with E-state index < -0.39 is 18.1 Å². The van der Waals surface area contributed by atoms with E-state index in [0.29, 0.717) is 11.3 Å². The highest BCUT2D eigenvalue weighted by atomic mass is 16.5. The normalized spacial score (nSPS) is 19.1. The molecule has 0 saturated carbocycles. The van der Waals surface area contributed by atoms with Crippen molar-refractivity contribution in [2.24, 2.45) is 0 Å². The lowest BCUT2D eigenvalue weighted by atomic mass is 9.94. The van der Waals surface area contributed by atoms with Crippen LogP contribution in [0, 0.1) is 0 Å². The second-order valence-electron chi connectivity index (χ2n) is 5.73. The van der Waals surface area contributed by atoms with Crippen LogP contribution in [-0.4, -0.2) is 34.7 Å². The SMILES string of the molecule is O=C(O)CNC1c2cc(O)ccc2NC(=O)C1OCc1ccccc1. The van der Waals surface area contributed by atoms with Crippen LogP contribution < -0.4 is 10.6 Å². The highest BCUT2D eigenvalue weighted by Gasteiger charge is 2.37. The molecule has 7 heteroatoms. The number of carboxylic acid groups (broad SMARTS) is 1. The number of carbonyl (C=O) groups is 2. The van der Waals surface area contributed by atoms with Crippen LogP contribution in [0.5, 0.6) is 5.75 Å². The van der Waals surface area contributed by atoms with Crippen molar-refractivity contribution in [3.8, 4) is 5.75 Å². The summed E-state index contributed by atoms with van der Waals surface area (Å²) in [6, 6.07) is 13.2. The molecule has 0 radical (unpaired) electrons. The Bertz CT molecular complexity index is 778. The van der Waals surface area contributed by atoms with Crippen LogP contribution in [0.25, 0.3) is 0 Å². The average Bonchev–Trinajstić information content (AvgIpc) is 2.59. The zero-order valence-corrected chi connectivity index (χ0v) is 13.3. The van der Waals surface area contributed by atoms with Gasteiger partial charge in [-0.2, -0.15) is 0 Å². The number of carbonyl (C=O) groups excluding carboxylic acids is 1. The fourth-order valence-corrected chi connectivity index (χ4v) is 2.79. The molecule has 3 rings (SSSR count). The minimum atomic E-state index is -1.05. The first-order chi connectivity index (χ1) is 12.0. The molecule has 7 nitrogen and oxygen atoms in total. The van der Waals surface area contributed by atoms with Gasteiger partial charge in [0.05, 0.1) is 19.2 Å². The molecular formula is C18H18N2O5. The van der Waals surface area contributed by atoms with E-state index in [9.17, 15) is 14.7 Å². The number of carboxylic acids is 1. The van der Waals surface area contributed by atoms with E-state index in [4.69, 9.17) is 9.84 Å². The van der Waals surface area contributed by atoms with Crippen molar-refractivity contribution >= 4 is 17.6 Å². The lowest BCUT2D eigenvalue weighted by Crippen LogP contribution is -2.47. The number of rotatable bonds is 6. The van der Waals surface area contributed by atoms with Crippen LogP contribution >= 0.6 is 0 Å². The number of benzene rings is 2. The molecule has 2 atom stereocenters. The molecule has 2 unspecified atom stereocenters. The van der Waals surface area contributed by atoms with Gasteiger partial charge in [-0.1, -0.05) is 30.3 Å². The number of nitrogens with one attached hydrogen (secondary N) is 2. The smallest absolute Gasteiger partial charge is 0.317 e. The van der Waals surface area contributed by atoms with Gasteiger partial charge in [-0.25, -0.2) is 0 Å². The van der Waals surface area contributed by atoms with E-state index in [2.05, 4.69) is 10.6 Å². The van der Waals surface area contributed by atoms with E-state index in [1.165, 1.54) is 12.1 Å². The van der Waals surface area contributed by atoms with Gasteiger partial charge in [-0.15, -0.1) is 0 Å². The second-order valence-corrected chi connectivity index (χ2v) is 5.73. The first-order valence-corrected chi connectivity index (χ1v) is 7.79. The summed E-state index contributed by atoms with van der Waals surface area (Å²) in [5, 5.41) is 24.3. The number of ether oxygens (including phenoxy) is 1. The summed E-state index contributed by atoms with van der Waals surface area (Å²) in [5.74, 6) is -1.38. The van der Waals surface area contributed by atoms with Crippen molar-refractivity contribution in [3.63, 3.8) is 0 Å². The summed E-state index contributed by atoms with van der Waals surface area (Å²) in [6.45, 7) is -0.128. The van der Waals surface area contributed by atoms with Crippen LogP contribution in [0.3, 0.4) is 0 Å². The molecule has 1 heterocycles. The topological polar surface area (TPSA) is 108 Å². The van der Waals surface area contributed by atoms with Crippen molar-refractivity contribution in [2.45, 2.75) is 18.8 Å². The predicted molar refractivity (Wildman–Crippen MR) is 90.1 cm³/mol. The van der Waals surface area contributed by atoms with Gasteiger partial charge in [-0.05, 0) is 29.3 Å². The van der Waals surface area contributed by atoms with Crippen LogP contribution in [0.4, 0.5) is 5.69 Å². The molecule has 25 heavy (non-hydrogen) atoms. The van der Waals surface area contributed by atoms with E-state index in [1.807, 2.05) is 30.3 Å². The first kappa shape index (κ1) is 16.9. The monoisotopic (exact) mass is 342 g/mol. The summed E-state index contributed by atoms with van der Waals surface area (Å²) in [6.07, 6.45) is -0.922.